The zero-order valence-corrected chi connectivity index (χ0v) is 14.8. The van der Waals surface area contributed by atoms with Crippen LogP contribution >= 0.6 is 11.6 Å². The van der Waals surface area contributed by atoms with E-state index in [1.54, 1.807) is 6.07 Å². The molecule has 132 valence electrons. The van der Waals surface area contributed by atoms with Gasteiger partial charge in [0.25, 0.3) is 0 Å². The molecule has 0 saturated carbocycles. The lowest BCUT2D eigenvalue weighted by atomic mass is 10.1. The van der Waals surface area contributed by atoms with Gasteiger partial charge in [-0.05, 0) is 34.9 Å². The minimum absolute atomic E-state index is 0.0811. The molecule has 1 aliphatic carbocycles. The fraction of sp³-hybridized carbons (Fsp3) is 0.400. The lowest BCUT2D eigenvalue weighted by Crippen LogP contribution is -2.47. The molecule has 0 spiro atoms. The lowest BCUT2D eigenvalue weighted by molar-refractivity contribution is -0.0189. The number of halogens is 2. The van der Waals surface area contributed by atoms with Gasteiger partial charge in [0.05, 0.1) is 18.8 Å². The van der Waals surface area contributed by atoms with Crippen molar-refractivity contribution in [1.29, 1.82) is 0 Å². The molecule has 1 fully saturated rings. The molecule has 4 rings (SSSR count). The third-order valence-electron chi connectivity index (χ3n) is 5.08. The highest BCUT2D eigenvalue weighted by Gasteiger charge is 2.37. The van der Waals surface area contributed by atoms with E-state index < -0.39 is 0 Å². The molecule has 1 aliphatic heterocycles. The summed E-state index contributed by atoms with van der Waals surface area (Å²) >= 11 is 5.96. The van der Waals surface area contributed by atoms with Crippen molar-refractivity contribution in [3.8, 4) is 0 Å². The van der Waals surface area contributed by atoms with Gasteiger partial charge in [0.1, 0.15) is 5.82 Å². The first-order chi connectivity index (χ1) is 12.2. The Morgan fingerprint density at radius 3 is 2.76 bits per heavy atom. The maximum Gasteiger partial charge on any atom is 0.125 e. The third-order valence-corrected chi connectivity index (χ3v) is 5.30. The Bertz CT molecular complexity index is 728. The first-order valence-corrected chi connectivity index (χ1v) is 9.17. The van der Waals surface area contributed by atoms with Gasteiger partial charge in [-0.25, -0.2) is 4.39 Å². The van der Waals surface area contributed by atoms with Crippen molar-refractivity contribution in [3.63, 3.8) is 0 Å². The predicted octanol–water partition coefficient (Wildman–Crippen LogP) is 3.57. The summed E-state index contributed by atoms with van der Waals surface area (Å²) in [5.41, 5.74) is 3.50. The standard InChI is InChI=1S/C20H22ClFN2O/c21-16-9-14(10-17(22)12-16)13-25-19-11-15-3-1-2-4-18(15)20(19)24-7-5-23-6-8-24/h1-4,9-10,12,19-20,23H,5-8,11,13H2/t19-,20-/m1/s1. The Hall–Kier alpha value is -1.46. The van der Waals surface area contributed by atoms with Crippen LogP contribution in [0.3, 0.4) is 0 Å². The second-order valence-electron chi connectivity index (χ2n) is 6.76. The number of hydrogen-bond acceptors (Lipinski definition) is 3. The number of benzene rings is 2. The highest BCUT2D eigenvalue weighted by Crippen LogP contribution is 2.38. The van der Waals surface area contributed by atoms with Crippen LogP contribution in [-0.4, -0.2) is 37.2 Å². The SMILES string of the molecule is Fc1cc(Cl)cc(CO[C@@H]2Cc3ccccc3[C@H]2N2CCNCC2)c1. The van der Waals surface area contributed by atoms with E-state index in [1.807, 2.05) is 0 Å². The number of fused-ring (bicyclic) bond motifs is 1. The molecule has 3 nitrogen and oxygen atoms in total. The van der Waals surface area contributed by atoms with Gasteiger partial charge < -0.3 is 10.1 Å². The quantitative estimate of drug-likeness (QED) is 0.902. The van der Waals surface area contributed by atoms with Crippen molar-refractivity contribution < 1.29 is 9.13 Å². The highest BCUT2D eigenvalue weighted by molar-refractivity contribution is 6.30. The predicted molar refractivity (Wildman–Crippen MR) is 97.3 cm³/mol. The maximum absolute atomic E-state index is 13.6. The number of ether oxygens (including phenoxy) is 1. The second-order valence-corrected chi connectivity index (χ2v) is 7.20. The van der Waals surface area contributed by atoms with Crippen LogP contribution in [0.2, 0.25) is 5.02 Å². The Kier molecular flexibility index (Phi) is 5.04. The van der Waals surface area contributed by atoms with E-state index in [2.05, 4.69) is 34.5 Å². The first-order valence-electron chi connectivity index (χ1n) is 8.80. The molecule has 2 aromatic carbocycles. The normalized spacial score (nSPS) is 23.6. The molecule has 1 saturated heterocycles. The number of hydrogen-bond donors (Lipinski definition) is 1. The zero-order valence-electron chi connectivity index (χ0n) is 14.1. The number of nitrogens with zero attached hydrogens (tertiary/aromatic N) is 1. The number of piperazine rings is 1. The van der Waals surface area contributed by atoms with Crippen LogP contribution < -0.4 is 5.32 Å². The molecule has 2 aliphatic rings. The molecule has 0 bridgehead atoms. The van der Waals surface area contributed by atoms with Gasteiger partial charge >= 0.3 is 0 Å². The molecule has 0 unspecified atom stereocenters. The Balaban J connectivity index is 1.53. The Morgan fingerprint density at radius 2 is 1.96 bits per heavy atom. The molecule has 2 aromatic rings. The van der Waals surface area contributed by atoms with E-state index in [9.17, 15) is 4.39 Å². The number of rotatable bonds is 4. The average Bonchev–Trinajstić information content (AvgIpc) is 2.98. The van der Waals surface area contributed by atoms with E-state index in [4.69, 9.17) is 16.3 Å². The van der Waals surface area contributed by atoms with Crippen LogP contribution in [0.1, 0.15) is 22.7 Å². The van der Waals surface area contributed by atoms with Gasteiger partial charge in [-0.15, -0.1) is 0 Å². The summed E-state index contributed by atoms with van der Waals surface area (Å²) in [5.74, 6) is -0.320. The van der Waals surface area contributed by atoms with Crippen LogP contribution in [-0.2, 0) is 17.8 Å². The molecule has 2 atom stereocenters. The summed E-state index contributed by atoms with van der Waals surface area (Å²) in [6.45, 7) is 4.42. The summed E-state index contributed by atoms with van der Waals surface area (Å²) in [6.07, 6.45) is 0.978. The summed E-state index contributed by atoms with van der Waals surface area (Å²) < 4.78 is 19.8. The zero-order chi connectivity index (χ0) is 17.2. The monoisotopic (exact) mass is 360 g/mol. The van der Waals surface area contributed by atoms with E-state index >= 15 is 0 Å². The maximum atomic E-state index is 13.6. The van der Waals surface area contributed by atoms with E-state index in [-0.39, 0.29) is 18.0 Å². The third kappa shape index (κ3) is 3.72. The molecule has 25 heavy (non-hydrogen) atoms. The average molecular weight is 361 g/mol. The molecular formula is C20H22ClFN2O. The smallest absolute Gasteiger partial charge is 0.125 e. The second kappa shape index (κ2) is 7.42. The minimum Gasteiger partial charge on any atom is -0.371 e. The van der Waals surface area contributed by atoms with Gasteiger partial charge in [0.2, 0.25) is 0 Å². The molecule has 5 heteroatoms. The fourth-order valence-electron chi connectivity index (χ4n) is 3.98. The van der Waals surface area contributed by atoms with Gasteiger partial charge in [-0.2, -0.15) is 0 Å². The van der Waals surface area contributed by atoms with Crippen molar-refractivity contribution >= 4 is 11.6 Å². The highest BCUT2D eigenvalue weighted by atomic mass is 35.5. The Morgan fingerprint density at radius 1 is 1.16 bits per heavy atom. The summed E-state index contributed by atoms with van der Waals surface area (Å²) in [6, 6.07) is 13.4. The van der Waals surface area contributed by atoms with Gasteiger partial charge in [-0.1, -0.05) is 35.9 Å². The van der Waals surface area contributed by atoms with Crippen LogP contribution in [0, 0.1) is 5.82 Å². The molecule has 0 amide bonds. The van der Waals surface area contributed by atoms with Crippen molar-refractivity contribution in [2.45, 2.75) is 25.2 Å². The van der Waals surface area contributed by atoms with Crippen molar-refractivity contribution in [2.75, 3.05) is 26.2 Å². The molecular weight excluding hydrogens is 339 g/mol. The summed E-state index contributed by atoms with van der Waals surface area (Å²) in [7, 11) is 0. The molecule has 0 aromatic heterocycles. The van der Waals surface area contributed by atoms with Crippen molar-refractivity contribution in [3.05, 3.63) is 70.0 Å². The van der Waals surface area contributed by atoms with E-state index in [1.165, 1.54) is 23.3 Å². The largest absolute Gasteiger partial charge is 0.371 e. The van der Waals surface area contributed by atoms with Crippen LogP contribution in [0.4, 0.5) is 4.39 Å². The minimum atomic E-state index is -0.320. The van der Waals surface area contributed by atoms with Crippen LogP contribution in [0.5, 0.6) is 0 Å². The summed E-state index contributed by atoms with van der Waals surface area (Å²) in [5, 5.41) is 3.82. The van der Waals surface area contributed by atoms with E-state index in [0.717, 1.165) is 38.2 Å². The molecule has 0 radical (unpaired) electrons. The van der Waals surface area contributed by atoms with Crippen molar-refractivity contribution in [2.24, 2.45) is 0 Å². The lowest BCUT2D eigenvalue weighted by Gasteiger charge is -2.36. The van der Waals surface area contributed by atoms with Gasteiger partial charge in [0.15, 0.2) is 0 Å². The first kappa shape index (κ1) is 17.0. The topological polar surface area (TPSA) is 24.5 Å². The summed E-state index contributed by atoms with van der Waals surface area (Å²) in [4.78, 5) is 2.51. The van der Waals surface area contributed by atoms with Crippen LogP contribution in [0.15, 0.2) is 42.5 Å². The molecule has 1 N–H and O–H groups in total. The van der Waals surface area contributed by atoms with Gasteiger partial charge in [-0.3, -0.25) is 4.90 Å². The fourth-order valence-corrected chi connectivity index (χ4v) is 4.22. The van der Waals surface area contributed by atoms with Crippen LogP contribution in [0.25, 0.3) is 0 Å². The van der Waals surface area contributed by atoms with E-state index in [0.29, 0.717) is 11.6 Å². The van der Waals surface area contributed by atoms with Gasteiger partial charge in [0, 0.05) is 37.6 Å². The molecule has 1 heterocycles. The number of nitrogens with one attached hydrogen (secondary N) is 1. The Labute approximate surface area is 152 Å². The van der Waals surface area contributed by atoms with Crippen molar-refractivity contribution in [1.82, 2.24) is 10.2 Å².